The third-order valence-electron chi connectivity index (χ3n) is 7.03. The van der Waals surface area contributed by atoms with Crippen LogP contribution >= 0.6 is 0 Å². The molecular weight excluding hydrogens is 608 g/mol. The summed E-state index contributed by atoms with van der Waals surface area (Å²) in [5.74, 6) is 0.505. The van der Waals surface area contributed by atoms with E-state index in [9.17, 15) is 9.59 Å². The lowest BCUT2D eigenvalue weighted by Gasteiger charge is -2.32. The molecule has 0 atom stereocenters. The standard InChI is InChI=1S/C39H46N2O7/c1-6-10-33-24-30(5)11-20-36(33)48-38(43)41-35-18-14-32(15-19-35)25-31-12-16-34(17-13-31)40-37(42)47-29-39(26-44-21-7-2,27-45-22-8-3)28-46-23-9-4/h6-9,11-20,24H,1-4,10,21-23,25-29H2,5H3,(H,40,42)(H,41,43). The van der Waals surface area contributed by atoms with E-state index in [0.29, 0.717) is 49.8 Å². The number of hydrogen-bond acceptors (Lipinski definition) is 7. The molecule has 9 nitrogen and oxygen atoms in total. The lowest BCUT2D eigenvalue weighted by Crippen LogP contribution is -2.42. The van der Waals surface area contributed by atoms with Crippen molar-refractivity contribution in [3.05, 3.63) is 140 Å². The van der Waals surface area contributed by atoms with Gasteiger partial charge in [0.2, 0.25) is 0 Å². The predicted octanol–water partition coefficient (Wildman–Crippen LogP) is 8.07. The van der Waals surface area contributed by atoms with Crippen LogP contribution in [0.3, 0.4) is 0 Å². The number of rotatable bonds is 21. The summed E-state index contributed by atoms with van der Waals surface area (Å²) < 4.78 is 28.3. The number of benzene rings is 3. The molecule has 0 saturated carbocycles. The number of ether oxygens (including phenoxy) is 5. The summed E-state index contributed by atoms with van der Waals surface area (Å²) in [6.07, 6.45) is 6.81. The first kappa shape index (κ1) is 37.5. The fraction of sp³-hybridized carbons (Fsp3) is 0.282. The average Bonchev–Trinajstić information content (AvgIpc) is 3.07. The molecule has 3 aromatic carbocycles. The Morgan fingerprint density at radius 3 is 1.65 bits per heavy atom. The van der Waals surface area contributed by atoms with E-state index in [2.05, 4.69) is 36.9 Å². The Balaban J connectivity index is 1.53. The molecule has 0 aliphatic heterocycles. The van der Waals surface area contributed by atoms with Gasteiger partial charge in [-0.1, -0.05) is 66.3 Å². The van der Waals surface area contributed by atoms with Crippen LogP contribution in [0.15, 0.2) is 117 Å². The van der Waals surface area contributed by atoms with E-state index in [-0.39, 0.29) is 26.4 Å². The fourth-order valence-corrected chi connectivity index (χ4v) is 4.71. The summed E-state index contributed by atoms with van der Waals surface area (Å²) in [6.45, 7) is 18.6. The monoisotopic (exact) mass is 654 g/mol. The van der Waals surface area contributed by atoms with Crippen LogP contribution in [-0.2, 0) is 31.8 Å². The Bertz CT molecular complexity index is 1460. The lowest BCUT2D eigenvalue weighted by molar-refractivity contribution is -0.0828. The number of carbonyl (C=O) groups excluding carboxylic acids is 2. The van der Waals surface area contributed by atoms with Crippen LogP contribution in [0.4, 0.5) is 21.0 Å². The summed E-state index contributed by atoms with van der Waals surface area (Å²) in [5.41, 5.74) is 4.54. The molecule has 9 heteroatoms. The van der Waals surface area contributed by atoms with Crippen molar-refractivity contribution in [2.24, 2.45) is 5.41 Å². The predicted molar refractivity (Wildman–Crippen MR) is 191 cm³/mol. The molecule has 0 spiro atoms. The molecule has 48 heavy (non-hydrogen) atoms. The topological polar surface area (TPSA) is 104 Å². The zero-order valence-electron chi connectivity index (χ0n) is 27.7. The molecule has 0 radical (unpaired) electrons. The van der Waals surface area contributed by atoms with Crippen LogP contribution in [0, 0.1) is 12.3 Å². The van der Waals surface area contributed by atoms with Crippen LogP contribution < -0.4 is 15.4 Å². The number of hydrogen-bond donors (Lipinski definition) is 2. The molecule has 0 saturated heterocycles. The largest absolute Gasteiger partial charge is 0.448 e. The Labute approximate surface area is 283 Å². The van der Waals surface area contributed by atoms with Crippen LogP contribution in [0.2, 0.25) is 0 Å². The van der Waals surface area contributed by atoms with Crippen LogP contribution in [0.25, 0.3) is 0 Å². The second-order valence-corrected chi connectivity index (χ2v) is 11.3. The second-order valence-electron chi connectivity index (χ2n) is 11.3. The van der Waals surface area contributed by atoms with E-state index < -0.39 is 17.6 Å². The van der Waals surface area contributed by atoms with Gasteiger partial charge in [0.15, 0.2) is 0 Å². The molecule has 3 aromatic rings. The number of aryl methyl sites for hydroxylation is 1. The summed E-state index contributed by atoms with van der Waals surface area (Å²) in [5, 5.41) is 5.55. The van der Waals surface area contributed by atoms with Crippen molar-refractivity contribution in [3.63, 3.8) is 0 Å². The molecule has 0 aromatic heterocycles. The van der Waals surface area contributed by atoms with Gasteiger partial charge in [0.1, 0.15) is 12.4 Å². The lowest BCUT2D eigenvalue weighted by atomic mass is 9.92. The number of nitrogens with one attached hydrogen (secondary N) is 2. The van der Waals surface area contributed by atoms with Crippen molar-refractivity contribution >= 4 is 23.6 Å². The molecule has 254 valence electrons. The third kappa shape index (κ3) is 13.0. The summed E-state index contributed by atoms with van der Waals surface area (Å²) in [6, 6.07) is 20.7. The molecule has 0 aliphatic carbocycles. The van der Waals surface area contributed by atoms with Gasteiger partial charge in [-0.2, -0.15) is 0 Å². The number of carbonyl (C=O) groups is 2. The first-order valence-electron chi connectivity index (χ1n) is 15.7. The maximum absolute atomic E-state index is 12.7. The SMILES string of the molecule is C=CCOCC(COCC=C)(COCC=C)COC(=O)Nc1ccc(Cc2ccc(NC(=O)Oc3ccc(C)cc3CC=C)cc2)cc1. The number of allylic oxidation sites excluding steroid dienone is 1. The van der Waals surface area contributed by atoms with Gasteiger partial charge in [0.05, 0.1) is 45.1 Å². The first-order valence-corrected chi connectivity index (χ1v) is 15.7. The van der Waals surface area contributed by atoms with E-state index in [1.165, 1.54) is 0 Å². The smallest absolute Gasteiger partial charge is 0.417 e. The normalized spacial score (nSPS) is 10.9. The highest BCUT2D eigenvalue weighted by Gasteiger charge is 2.34. The van der Waals surface area contributed by atoms with Crippen molar-refractivity contribution in [3.8, 4) is 5.75 Å². The van der Waals surface area contributed by atoms with E-state index in [4.69, 9.17) is 23.7 Å². The Morgan fingerprint density at radius 1 is 0.667 bits per heavy atom. The number of amides is 2. The molecule has 0 unspecified atom stereocenters. The van der Waals surface area contributed by atoms with E-state index >= 15 is 0 Å². The van der Waals surface area contributed by atoms with Gasteiger partial charge in [0.25, 0.3) is 0 Å². The van der Waals surface area contributed by atoms with Crippen molar-refractivity contribution in [2.45, 2.75) is 19.8 Å². The van der Waals surface area contributed by atoms with Crippen LogP contribution in [0.5, 0.6) is 5.75 Å². The minimum absolute atomic E-state index is 0.00716. The van der Waals surface area contributed by atoms with Gasteiger partial charge in [-0.3, -0.25) is 10.6 Å². The Kier molecular flexibility index (Phi) is 15.9. The van der Waals surface area contributed by atoms with Crippen molar-refractivity contribution in [2.75, 3.05) is 56.9 Å². The zero-order valence-corrected chi connectivity index (χ0v) is 27.7. The van der Waals surface area contributed by atoms with Gasteiger partial charge in [-0.25, -0.2) is 9.59 Å². The van der Waals surface area contributed by atoms with Crippen molar-refractivity contribution in [1.29, 1.82) is 0 Å². The molecule has 0 heterocycles. The molecule has 2 N–H and O–H groups in total. The maximum atomic E-state index is 12.7. The zero-order chi connectivity index (χ0) is 34.6. The second kappa shape index (κ2) is 20.3. The quantitative estimate of drug-likeness (QED) is 0.0884. The van der Waals surface area contributed by atoms with Gasteiger partial charge in [-0.05, 0) is 66.8 Å². The fourth-order valence-electron chi connectivity index (χ4n) is 4.71. The van der Waals surface area contributed by atoms with Gasteiger partial charge in [0, 0.05) is 11.4 Å². The number of anilines is 2. The molecular formula is C39H46N2O7. The van der Waals surface area contributed by atoms with Crippen molar-refractivity contribution in [1.82, 2.24) is 0 Å². The minimum Gasteiger partial charge on any atom is -0.448 e. The van der Waals surface area contributed by atoms with Gasteiger partial charge < -0.3 is 23.7 Å². The highest BCUT2D eigenvalue weighted by atomic mass is 16.6. The molecule has 2 amide bonds. The van der Waals surface area contributed by atoms with E-state index in [1.54, 1.807) is 30.4 Å². The minimum atomic E-state index is -0.738. The maximum Gasteiger partial charge on any atom is 0.417 e. The summed E-state index contributed by atoms with van der Waals surface area (Å²) in [4.78, 5) is 25.3. The highest BCUT2D eigenvalue weighted by Crippen LogP contribution is 2.23. The molecule has 0 fully saturated rings. The van der Waals surface area contributed by atoms with Crippen LogP contribution in [-0.4, -0.2) is 58.4 Å². The van der Waals surface area contributed by atoms with Crippen LogP contribution in [0.1, 0.15) is 22.3 Å². The highest BCUT2D eigenvalue weighted by molar-refractivity contribution is 5.86. The molecule has 0 aliphatic rings. The Hall–Kier alpha value is -4.96. The van der Waals surface area contributed by atoms with Crippen molar-refractivity contribution < 1.29 is 33.3 Å². The van der Waals surface area contributed by atoms with Gasteiger partial charge >= 0.3 is 12.2 Å². The first-order chi connectivity index (χ1) is 23.3. The molecule has 3 rings (SSSR count). The summed E-state index contributed by atoms with van der Waals surface area (Å²) in [7, 11) is 0. The van der Waals surface area contributed by atoms with E-state index in [0.717, 1.165) is 22.3 Å². The summed E-state index contributed by atoms with van der Waals surface area (Å²) >= 11 is 0. The average molecular weight is 655 g/mol. The van der Waals surface area contributed by atoms with Gasteiger partial charge in [-0.15, -0.1) is 26.3 Å². The van der Waals surface area contributed by atoms with E-state index in [1.807, 2.05) is 67.6 Å². The third-order valence-corrected chi connectivity index (χ3v) is 7.03. The Morgan fingerprint density at radius 2 is 1.17 bits per heavy atom. The molecule has 0 bridgehead atoms.